The fourth-order valence-corrected chi connectivity index (χ4v) is 2.31. The molecule has 0 aliphatic carbocycles. The molecule has 0 bridgehead atoms. The lowest BCUT2D eigenvalue weighted by Crippen LogP contribution is -2.36. The van der Waals surface area contributed by atoms with Crippen LogP contribution in [0.5, 0.6) is 5.75 Å². The van der Waals surface area contributed by atoms with E-state index < -0.39 is 12.8 Å². The van der Waals surface area contributed by atoms with Crippen LogP contribution in [0.2, 0.25) is 0 Å². The number of hydrogen-bond acceptors (Lipinski definition) is 3. The molecule has 2 N–H and O–H groups in total. The summed E-state index contributed by atoms with van der Waals surface area (Å²) >= 11 is 0. The molecule has 0 aliphatic heterocycles. The molecule has 0 saturated carbocycles. The summed E-state index contributed by atoms with van der Waals surface area (Å²) in [6.07, 6.45) is -4.36. The van der Waals surface area contributed by atoms with E-state index in [1.54, 1.807) is 24.3 Å². The van der Waals surface area contributed by atoms with E-state index in [1.165, 1.54) is 12.1 Å². The third-order valence-corrected chi connectivity index (χ3v) is 3.61. The van der Waals surface area contributed by atoms with Gasteiger partial charge in [0.25, 0.3) is 0 Å². The number of alkyl halides is 3. The van der Waals surface area contributed by atoms with Crippen molar-refractivity contribution in [3.05, 3.63) is 65.2 Å². The highest BCUT2D eigenvalue weighted by Gasteiger charge is 2.28. The lowest BCUT2D eigenvalue weighted by Gasteiger charge is -2.12. The number of nitrogens with zero attached hydrogens (tertiary/aromatic N) is 2. The van der Waals surface area contributed by atoms with Crippen LogP contribution >= 0.6 is 0 Å². The molecule has 2 aromatic rings. The van der Waals surface area contributed by atoms with Gasteiger partial charge in [0.2, 0.25) is 0 Å². The average Bonchev–Trinajstić information content (AvgIpc) is 2.69. The van der Waals surface area contributed by atoms with Gasteiger partial charge in [-0.1, -0.05) is 24.3 Å². The number of ether oxygens (including phenoxy) is 1. The zero-order valence-electron chi connectivity index (χ0n) is 15.4. The monoisotopic (exact) mass is 390 g/mol. The van der Waals surface area contributed by atoms with Crippen molar-refractivity contribution in [1.29, 1.82) is 5.26 Å². The Labute approximate surface area is 161 Å². The summed E-state index contributed by atoms with van der Waals surface area (Å²) in [7, 11) is 0. The number of hydrogen-bond donors (Lipinski definition) is 2. The number of aliphatic imine (C=N–C) groups is 1. The van der Waals surface area contributed by atoms with Gasteiger partial charge in [-0.2, -0.15) is 18.4 Å². The van der Waals surface area contributed by atoms with Crippen molar-refractivity contribution in [1.82, 2.24) is 10.6 Å². The Balaban J connectivity index is 1.92. The molecular formula is C20H21F3N4O. The number of halogens is 3. The molecule has 0 aromatic heterocycles. The van der Waals surface area contributed by atoms with Gasteiger partial charge in [0.05, 0.1) is 18.2 Å². The Morgan fingerprint density at radius 3 is 2.50 bits per heavy atom. The third kappa shape index (κ3) is 7.58. The van der Waals surface area contributed by atoms with Crippen LogP contribution in [0.3, 0.4) is 0 Å². The maximum Gasteiger partial charge on any atom is 0.422 e. The van der Waals surface area contributed by atoms with E-state index in [-0.39, 0.29) is 5.75 Å². The van der Waals surface area contributed by atoms with E-state index >= 15 is 0 Å². The summed E-state index contributed by atoms with van der Waals surface area (Å²) in [6, 6.07) is 15.7. The Hall–Kier alpha value is -3.21. The Bertz CT molecular complexity index is 827. The second-order valence-corrected chi connectivity index (χ2v) is 5.91. The first-order valence-corrected chi connectivity index (χ1v) is 8.69. The fraction of sp³-hybridized carbons (Fsp3) is 0.300. The Morgan fingerprint density at radius 2 is 1.86 bits per heavy atom. The molecule has 0 amide bonds. The van der Waals surface area contributed by atoms with Crippen LogP contribution in [0.4, 0.5) is 13.2 Å². The van der Waals surface area contributed by atoms with E-state index in [9.17, 15) is 13.2 Å². The van der Waals surface area contributed by atoms with E-state index in [1.807, 2.05) is 19.1 Å². The van der Waals surface area contributed by atoms with Gasteiger partial charge in [0, 0.05) is 13.1 Å². The highest BCUT2D eigenvalue weighted by atomic mass is 19.4. The molecule has 8 heteroatoms. The molecule has 2 rings (SSSR count). The first-order chi connectivity index (χ1) is 13.4. The SMILES string of the molecule is CCNC(=NCc1cccc(C#N)c1)NCc1ccc(OCC(F)(F)F)cc1. The lowest BCUT2D eigenvalue weighted by atomic mass is 10.1. The van der Waals surface area contributed by atoms with Crippen molar-refractivity contribution in [2.75, 3.05) is 13.2 Å². The summed E-state index contributed by atoms with van der Waals surface area (Å²) in [5, 5.41) is 15.2. The molecule has 0 spiro atoms. The van der Waals surface area contributed by atoms with E-state index in [0.717, 1.165) is 11.1 Å². The minimum absolute atomic E-state index is 0.166. The molecule has 28 heavy (non-hydrogen) atoms. The van der Waals surface area contributed by atoms with Crippen molar-refractivity contribution in [2.24, 2.45) is 4.99 Å². The first kappa shape index (κ1) is 21.1. The largest absolute Gasteiger partial charge is 0.484 e. The molecule has 0 atom stereocenters. The second-order valence-electron chi connectivity index (χ2n) is 5.91. The first-order valence-electron chi connectivity index (χ1n) is 8.69. The molecule has 0 fully saturated rings. The summed E-state index contributed by atoms with van der Waals surface area (Å²) in [6.45, 7) is 2.17. The molecule has 0 unspecified atom stereocenters. The number of nitrogens with one attached hydrogen (secondary N) is 2. The molecule has 0 heterocycles. The van der Waals surface area contributed by atoms with Gasteiger partial charge in [0.1, 0.15) is 5.75 Å². The molecule has 0 aliphatic rings. The van der Waals surface area contributed by atoms with Crippen molar-refractivity contribution in [3.8, 4) is 11.8 Å². The lowest BCUT2D eigenvalue weighted by molar-refractivity contribution is -0.153. The fourth-order valence-electron chi connectivity index (χ4n) is 2.31. The zero-order chi connectivity index (χ0) is 20.4. The molecule has 0 saturated heterocycles. The standard InChI is InChI=1S/C20H21F3N4O/c1-2-25-19(27-13-17-5-3-4-16(10-17)11-24)26-12-15-6-8-18(9-7-15)28-14-20(21,22)23/h3-10H,2,12-14H2,1H3,(H2,25,26,27). The van der Waals surface area contributed by atoms with E-state index in [2.05, 4.69) is 21.7 Å². The van der Waals surface area contributed by atoms with Crippen LogP contribution in [0.25, 0.3) is 0 Å². The van der Waals surface area contributed by atoms with Crippen LogP contribution in [0.1, 0.15) is 23.6 Å². The van der Waals surface area contributed by atoms with Crippen LogP contribution in [-0.2, 0) is 13.1 Å². The predicted molar refractivity (Wildman–Crippen MR) is 101 cm³/mol. The normalized spacial score (nSPS) is 11.6. The van der Waals surface area contributed by atoms with Gasteiger partial charge >= 0.3 is 6.18 Å². The quantitative estimate of drug-likeness (QED) is 0.558. The van der Waals surface area contributed by atoms with Crippen LogP contribution < -0.4 is 15.4 Å². The van der Waals surface area contributed by atoms with Gasteiger partial charge in [-0.15, -0.1) is 0 Å². The topological polar surface area (TPSA) is 69.4 Å². The van der Waals surface area contributed by atoms with Gasteiger partial charge in [-0.05, 0) is 42.3 Å². The smallest absolute Gasteiger partial charge is 0.422 e. The predicted octanol–water partition coefficient (Wildman–Crippen LogP) is 3.75. The van der Waals surface area contributed by atoms with Gasteiger partial charge in [-0.25, -0.2) is 4.99 Å². The van der Waals surface area contributed by atoms with Crippen molar-refractivity contribution >= 4 is 5.96 Å². The highest BCUT2D eigenvalue weighted by molar-refractivity contribution is 5.79. The van der Waals surface area contributed by atoms with Crippen molar-refractivity contribution in [3.63, 3.8) is 0 Å². The highest BCUT2D eigenvalue weighted by Crippen LogP contribution is 2.18. The Kier molecular flexibility index (Phi) is 7.69. The molecule has 5 nitrogen and oxygen atoms in total. The molecule has 2 aromatic carbocycles. The summed E-state index contributed by atoms with van der Waals surface area (Å²) < 4.78 is 41.2. The average molecular weight is 390 g/mol. The molecule has 0 radical (unpaired) electrons. The van der Waals surface area contributed by atoms with E-state index in [0.29, 0.717) is 31.2 Å². The van der Waals surface area contributed by atoms with Crippen molar-refractivity contribution < 1.29 is 17.9 Å². The van der Waals surface area contributed by atoms with Crippen molar-refractivity contribution in [2.45, 2.75) is 26.2 Å². The van der Waals surface area contributed by atoms with Crippen LogP contribution in [0.15, 0.2) is 53.5 Å². The molecule has 148 valence electrons. The Morgan fingerprint density at radius 1 is 1.11 bits per heavy atom. The summed E-state index contributed by atoms with van der Waals surface area (Å²) in [5.41, 5.74) is 2.37. The minimum atomic E-state index is -4.36. The maximum atomic E-state index is 12.2. The van der Waals surface area contributed by atoms with Gasteiger partial charge < -0.3 is 15.4 Å². The molecular weight excluding hydrogens is 369 g/mol. The number of nitriles is 1. The number of rotatable bonds is 7. The second kappa shape index (κ2) is 10.2. The van der Waals surface area contributed by atoms with Crippen LogP contribution in [-0.4, -0.2) is 25.3 Å². The number of benzene rings is 2. The van der Waals surface area contributed by atoms with Crippen LogP contribution in [0, 0.1) is 11.3 Å². The third-order valence-electron chi connectivity index (χ3n) is 3.61. The van der Waals surface area contributed by atoms with Gasteiger partial charge in [0.15, 0.2) is 12.6 Å². The minimum Gasteiger partial charge on any atom is -0.484 e. The maximum absolute atomic E-state index is 12.2. The number of guanidine groups is 1. The van der Waals surface area contributed by atoms with Gasteiger partial charge in [-0.3, -0.25) is 0 Å². The summed E-state index contributed by atoms with van der Waals surface area (Å²) in [5.74, 6) is 0.765. The summed E-state index contributed by atoms with van der Waals surface area (Å²) in [4.78, 5) is 4.48. The zero-order valence-corrected chi connectivity index (χ0v) is 15.4. The van der Waals surface area contributed by atoms with E-state index in [4.69, 9.17) is 10.00 Å².